The van der Waals surface area contributed by atoms with Crippen molar-refractivity contribution in [1.82, 2.24) is 4.90 Å². The minimum Gasteiger partial charge on any atom is -0.337 e. The Labute approximate surface area is 150 Å². The summed E-state index contributed by atoms with van der Waals surface area (Å²) in [6, 6.07) is 0. The Morgan fingerprint density at radius 1 is 0.875 bits per heavy atom. The zero-order valence-electron chi connectivity index (χ0n) is 16.0. The van der Waals surface area contributed by atoms with Gasteiger partial charge in [-0.1, -0.05) is 71.6 Å². The van der Waals surface area contributed by atoms with Crippen LogP contribution in [-0.4, -0.2) is 24.5 Å². The largest absolute Gasteiger partial charge is 0.337 e. The number of hydrogen-bond donors (Lipinski definition) is 2. The molecule has 0 saturated carbocycles. The molecule has 1 heterocycles. The van der Waals surface area contributed by atoms with Crippen molar-refractivity contribution in [1.29, 1.82) is 10.5 Å². The van der Waals surface area contributed by atoms with Crippen LogP contribution in [0.5, 0.6) is 0 Å². The normalized spacial score (nSPS) is 16.1. The summed E-state index contributed by atoms with van der Waals surface area (Å²) < 4.78 is 0. The van der Waals surface area contributed by atoms with Crippen molar-refractivity contribution in [2.75, 3.05) is 19.6 Å². The summed E-state index contributed by atoms with van der Waals surface area (Å²) in [5, 5.41) is 14.2. The molecular weight excluding hydrogens is 298 g/mol. The minimum atomic E-state index is 0.952. The highest BCUT2D eigenvalue weighted by molar-refractivity contribution is 4.71. The highest BCUT2D eigenvalue weighted by atomic mass is 15.1. The summed E-state index contributed by atoms with van der Waals surface area (Å²) in [4.78, 5) is 2.66. The second kappa shape index (κ2) is 21.5. The average molecular weight is 338 g/mol. The molecule has 1 rings (SSSR count). The standard InChI is InChI=1S/C17H35N.2CH2N2/c1-3-4-5-6-7-8-9-10-11-12-14-18-15-13-17(2)16-18;2*2-1-3/h17H,3-16H2,1-2H3;2*2H2. The van der Waals surface area contributed by atoms with E-state index in [1.165, 1.54) is 103 Å². The van der Waals surface area contributed by atoms with Crippen molar-refractivity contribution < 1.29 is 0 Å². The van der Waals surface area contributed by atoms with Gasteiger partial charge in [0.15, 0.2) is 12.4 Å². The smallest absolute Gasteiger partial charge is 0.173 e. The van der Waals surface area contributed by atoms with E-state index in [0.717, 1.165) is 5.92 Å². The third-order valence-electron chi connectivity index (χ3n) is 4.34. The fourth-order valence-corrected chi connectivity index (χ4v) is 3.05. The van der Waals surface area contributed by atoms with E-state index in [9.17, 15) is 0 Å². The molecule has 0 radical (unpaired) electrons. The number of nitrogens with two attached hydrogens (primary N) is 2. The quantitative estimate of drug-likeness (QED) is 0.335. The van der Waals surface area contributed by atoms with Gasteiger partial charge in [0.25, 0.3) is 0 Å². The number of nitriles is 2. The molecule has 0 aromatic heterocycles. The van der Waals surface area contributed by atoms with Gasteiger partial charge in [-0.25, -0.2) is 0 Å². The molecule has 1 fully saturated rings. The summed E-state index contributed by atoms with van der Waals surface area (Å²) in [7, 11) is 0. The predicted molar refractivity (Wildman–Crippen MR) is 102 cm³/mol. The van der Waals surface area contributed by atoms with E-state index in [1.54, 1.807) is 0 Å². The highest BCUT2D eigenvalue weighted by Crippen LogP contribution is 2.16. The van der Waals surface area contributed by atoms with Gasteiger partial charge in [0.2, 0.25) is 0 Å². The molecule has 0 spiro atoms. The Hall–Kier alpha value is -1.46. The number of unbranched alkanes of at least 4 members (excludes halogenated alkanes) is 9. The summed E-state index contributed by atoms with van der Waals surface area (Å²) in [5.74, 6) is 0.952. The fourth-order valence-electron chi connectivity index (χ4n) is 3.05. The van der Waals surface area contributed by atoms with Gasteiger partial charge in [0.05, 0.1) is 0 Å². The van der Waals surface area contributed by atoms with Crippen molar-refractivity contribution in [2.24, 2.45) is 17.4 Å². The van der Waals surface area contributed by atoms with E-state index >= 15 is 0 Å². The molecule has 1 aliphatic rings. The molecule has 4 N–H and O–H groups in total. The van der Waals surface area contributed by atoms with Crippen LogP contribution in [0.3, 0.4) is 0 Å². The molecule has 0 aromatic rings. The Kier molecular flexibility index (Phi) is 22.2. The van der Waals surface area contributed by atoms with Crippen LogP contribution in [0.2, 0.25) is 0 Å². The summed E-state index contributed by atoms with van der Waals surface area (Å²) in [6.07, 6.45) is 18.5. The zero-order chi connectivity index (χ0) is 18.5. The molecular formula is C19H39N5. The van der Waals surface area contributed by atoms with Crippen LogP contribution < -0.4 is 11.5 Å². The number of nitrogens with zero attached hydrogens (tertiary/aromatic N) is 3. The molecule has 1 atom stereocenters. The number of hydrogen-bond acceptors (Lipinski definition) is 5. The second-order valence-corrected chi connectivity index (χ2v) is 6.63. The lowest BCUT2D eigenvalue weighted by Gasteiger charge is -2.14. The van der Waals surface area contributed by atoms with Crippen molar-refractivity contribution in [3.05, 3.63) is 0 Å². The molecule has 0 aliphatic carbocycles. The second-order valence-electron chi connectivity index (χ2n) is 6.63. The van der Waals surface area contributed by atoms with E-state index < -0.39 is 0 Å². The highest BCUT2D eigenvalue weighted by Gasteiger charge is 2.17. The van der Waals surface area contributed by atoms with Crippen molar-refractivity contribution in [3.8, 4) is 12.4 Å². The SMILES string of the molecule is CCCCCCCCCCCCN1CCC(C)C1.N#CN.N#CN. The van der Waals surface area contributed by atoms with Crippen LogP contribution in [0.25, 0.3) is 0 Å². The Morgan fingerprint density at radius 2 is 1.29 bits per heavy atom. The third-order valence-corrected chi connectivity index (χ3v) is 4.34. The Bertz CT molecular complexity index is 307. The maximum atomic E-state index is 7.10. The van der Waals surface area contributed by atoms with Gasteiger partial charge < -0.3 is 16.4 Å². The van der Waals surface area contributed by atoms with Gasteiger partial charge in [-0.05, 0) is 31.8 Å². The van der Waals surface area contributed by atoms with E-state index in [1.807, 2.05) is 0 Å². The van der Waals surface area contributed by atoms with E-state index in [2.05, 4.69) is 30.2 Å². The Morgan fingerprint density at radius 3 is 1.67 bits per heavy atom. The molecule has 0 bridgehead atoms. The first kappa shape index (κ1) is 24.8. The molecule has 1 unspecified atom stereocenters. The monoisotopic (exact) mass is 337 g/mol. The first-order valence-corrected chi connectivity index (χ1v) is 9.57. The van der Waals surface area contributed by atoms with Crippen LogP contribution in [-0.2, 0) is 0 Å². The third kappa shape index (κ3) is 20.5. The zero-order valence-corrected chi connectivity index (χ0v) is 16.0. The molecule has 0 aromatic carbocycles. The number of likely N-dealkylation sites (tertiary alicyclic amines) is 1. The summed E-state index contributed by atoms with van der Waals surface area (Å²) >= 11 is 0. The van der Waals surface area contributed by atoms with E-state index in [0.29, 0.717) is 0 Å². The molecule has 1 aliphatic heterocycles. The molecule has 5 heteroatoms. The van der Waals surface area contributed by atoms with Crippen LogP contribution in [0.4, 0.5) is 0 Å². The van der Waals surface area contributed by atoms with Crippen molar-refractivity contribution >= 4 is 0 Å². The molecule has 24 heavy (non-hydrogen) atoms. The Balaban J connectivity index is 0. The summed E-state index contributed by atoms with van der Waals surface area (Å²) in [5.41, 5.74) is 8.31. The van der Waals surface area contributed by atoms with Crippen LogP contribution in [0.15, 0.2) is 0 Å². The average Bonchev–Trinajstić information content (AvgIpc) is 2.96. The van der Waals surface area contributed by atoms with Crippen LogP contribution >= 0.6 is 0 Å². The van der Waals surface area contributed by atoms with Gasteiger partial charge in [0.1, 0.15) is 0 Å². The van der Waals surface area contributed by atoms with E-state index in [-0.39, 0.29) is 0 Å². The van der Waals surface area contributed by atoms with Crippen LogP contribution in [0.1, 0.15) is 84.5 Å². The van der Waals surface area contributed by atoms with Gasteiger partial charge in [-0.3, -0.25) is 0 Å². The summed E-state index contributed by atoms with van der Waals surface area (Å²) in [6.45, 7) is 8.76. The predicted octanol–water partition coefficient (Wildman–Crippen LogP) is 4.10. The molecule has 5 nitrogen and oxygen atoms in total. The molecule has 1 saturated heterocycles. The number of rotatable bonds is 11. The minimum absolute atomic E-state index is 0.952. The topological polar surface area (TPSA) is 103 Å². The lowest BCUT2D eigenvalue weighted by atomic mass is 10.1. The molecule has 0 amide bonds. The first-order chi connectivity index (χ1) is 11.7. The maximum absolute atomic E-state index is 7.10. The van der Waals surface area contributed by atoms with Gasteiger partial charge in [-0.2, -0.15) is 10.5 Å². The van der Waals surface area contributed by atoms with Gasteiger partial charge >= 0.3 is 0 Å². The maximum Gasteiger partial charge on any atom is 0.173 e. The lowest BCUT2D eigenvalue weighted by Crippen LogP contribution is -2.21. The van der Waals surface area contributed by atoms with Crippen molar-refractivity contribution in [3.63, 3.8) is 0 Å². The first-order valence-electron chi connectivity index (χ1n) is 9.57. The molecule has 140 valence electrons. The van der Waals surface area contributed by atoms with E-state index in [4.69, 9.17) is 10.5 Å². The van der Waals surface area contributed by atoms with Crippen molar-refractivity contribution in [2.45, 2.75) is 84.5 Å². The van der Waals surface area contributed by atoms with Gasteiger partial charge in [-0.15, -0.1) is 0 Å². The lowest BCUT2D eigenvalue weighted by molar-refractivity contribution is 0.317. The van der Waals surface area contributed by atoms with Crippen LogP contribution in [0, 0.1) is 28.8 Å². The van der Waals surface area contributed by atoms with Gasteiger partial charge in [0, 0.05) is 6.54 Å². The fraction of sp³-hybridized carbons (Fsp3) is 0.895.